The van der Waals surface area contributed by atoms with Crippen molar-refractivity contribution in [2.24, 2.45) is 11.1 Å². The molecule has 0 aromatic carbocycles. The minimum absolute atomic E-state index is 0.0944. The smallest absolute Gasteiger partial charge is 0.225 e. The first-order chi connectivity index (χ1) is 6.96. The lowest BCUT2D eigenvalue weighted by molar-refractivity contribution is 0.407. The number of primary sulfonamides is 1. The van der Waals surface area contributed by atoms with Gasteiger partial charge in [-0.1, -0.05) is 31.9 Å². The fraction of sp³-hybridized carbons (Fsp3) is 0.636. The van der Waals surface area contributed by atoms with Crippen LogP contribution in [0.15, 0.2) is 23.1 Å². The number of rotatable bonds is 3. The van der Waals surface area contributed by atoms with E-state index in [1.807, 2.05) is 13.0 Å². The molecule has 1 fully saturated rings. The van der Waals surface area contributed by atoms with Crippen molar-refractivity contribution in [3.8, 4) is 0 Å². The molecule has 0 saturated heterocycles. The Balaban J connectivity index is 2.85. The Morgan fingerprint density at radius 2 is 1.87 bits per heavy atom. The SMILES string of the molecule is C=C(/C(=C\C)C1CCCCC1)S(N)(=O)=O. The van der Waals surface area contributed by atoms with Gasteiger partial charge >= 0.3 is 0 Å². The van der Waals surface area contributed by atoms with Crippen LogP contribution >= 0.6 is 0 Å². The summed E-state index contributed by atoms with van der Waals surface area (Å²) in [7, 11) is -3.63. The molecule has 0 heterocycles. The quantitative estimate of drug-likeness (QED) is 0.755. The second-order valence-corrected chi connectivity index (χ2v) is 5.63. The molecule has 1 saturated carbocycles. The molecule has 1 rings (SSSR count). The first-order valence-electron chi connectivity index (χ1n) is 5.35. The Morgan fingerprint density at radius 3 is 2.27 bits per heavy atom. The van der Waals surface area contributed by atoms with Crippen molar-refractivity contribution >= 4 is 10.0 Å². The van der Waals surface area contributed by atoms with E-state index in [-0.39, 0.29) is 4.91 Å². The van der Waals surface area contributed by atoms with Crippen LogP contribution < -0.4 is 5.14 Å². The zero-order valence-corrected chi connectivity index (χ0v) is 10.0. The fourth-order valence-corrected chi connectivity index (χ4v) is 2.82. The summed E-state index contributed by atoms with van der Waals surface area (Å²) < 4.78 is 22.4. The number of nitrogens with two attached hydrogens (primary N) is 1. The first-order valence-corrected chi connectivity index (χ1v) is 6.89. The summed E-state index contributed by atoms with van der Waals surface area (Å²) in [5.74, 6) is 0.328. The molecule has 4 heteroatoms. The molecule has 0 bridgehead atoms. The average molecular weight is 229 g/mol. The van der Waals surface area contributed by atoms with Gasteiger partial charge in [-0.25, -0.2) is 13.6 Å². The van der Waals surface area contributed by atoms with E-state index in [1.54, 1.807) is 0 Å². The molecule has 0 aromatic heterocycles. The van der Waals surface area contributed by atoms with Gasteiger partial charge in [-0.2, -0.15) is 0 Å². The molecule has 15 heavy (non-hydrogen) atoms. The lowest BCUT2D eigenvalue weighted by atomic mass is 9.83. The highest BCUT2D eigenvalue weighted by atomic mass is 32.2. The van der Waals surface area contributed by atoms with Crippen LogP contribution in [0.1, 0.15) is 39.0 Å². The van der Waals surface area contributed by atoms with Crippen LogP contribution in [0.3, 0.4) is 0 Å². The number of sulfonamides is 1. The maximum Gasteiger partial charge on any atom is 0.237 e. The highest BCUT2D eigenvalue weighted by Gasteiger charge is 2.23. The van der Waals surface area contributed by atoms with E-state index in [2.05, 4.69) is 6.58 Å². The number of hydrogen-bond donors (Lipinski definition) is 1. The summed E-state index contributed by atoms with van der Waals surface area (Å²) in [6, 6.07) is 0. The van der Waals surface area contributed by atoms with Gasteiger partial charge in [-0.3, -0.25) is 0 Å². The Morgan fingerprint density at radius 1 is 1.33 bits per heavy atom. The molecule has 0 amide bonds. The highest BCUT2D eigenvalue weighted by molar-refractivity contribution is 7.93. The van der Waals surface area contributed by atoms with Gasteiger partial charge in [-0.05, 0) is 31.3 Å². The Bertz CT molecular complexity index is 362. The molecular formula is C11H19NO2S. The summed E-state index contributed by atoms with van der Waals surface area (Å²) in [6.45, 7) is 5.44. The van der Waals surface area contributed by atoms with Crippen LogP contribution in [-0.4, -0.2) is 8.42 Å². The monoisotopic (exact) mass is 229 g/mol. The molecular weight excluding hydrogens is 210 g/mol. The highest BCUT2D eigenvalue weighted by Crippen LogP contribution is 2.33. The van der Waals surface area contributed by atoms with E-state index in [0.717, 1.165) is 18.4 Å². The fourth-order valence-electron chi connectivity index (χ4n) is 2.20. The molecule has 2 N–H and O–H groups in total. The van der Waals surface area contributed by atoms with E-state index in [1.165, 1.54) is 19.3 Å². The molecule has 1 aliphatic rings. The normalized spacial score (nSPS) is 20.3. The van der Waals surface area contributed by atoms with Crippen LogP contribution in [0.5, 0.6) is 0 Å². The minimum atomic E-state index is -3.63. The minimum Gasteiger partial charge on any atom is -0.225 e. The molecule has 0 unspecified atom stereocenters. The van der Waals surface area contributed by atoms with E-state index in [0.29, 0.717) is 5.92 Å². The Hall–Kier alpha value is -0.610. The van der Waals surface area contributed by atoms with Crippen LogP contribution in [0.2, 0.25) is 0 Å². The summed E-state index contributed by atoms with van der Waals surface area (Å²) in [4.78, 5) is 0.0944. The largest absolute Gasteiger partial charge is 0.237 e. The van der Waals surface area contributed by atoms with Gasteiger partial charge in [-0.15, -0.1) is 0 Å². The zero-order valence-electron chi connectivity index (χ0n) is 9.20. The summed E-state index contributed by atoms with van der Waals surface area (Å²) >= 11 is 0. The van der Waals surface area contributed by atoms with Crippen molar-refractivity contribution in [1.82, 2.24) is 0 Å². The van der Waals surface area contributed by atoms with Crippen LogP contribution in [0, 0.1) is 5.92 Å². The van der Waals surface area contributed by atoms with Gasteiger partial charge in [0, 0.05) is 0 Å². The van der Waals surface area contributed by atoms with Crippen LogP contribution in [0.4, 0.5) is 0 Å². The first kappa shape index (κ1) is 12.5. The van der Waals surface area contributed by atoms with Crippen LogP contribution in [0.25, 0.3) is 0 Å². The Kier molecular flexibility index (Phi) is 4.11. The molecule has 86 valence electrons. The second kappa shape index (κ2) is 4.94. The van der Waals surface area contributed by atoms with Crippen molar-refractivity contribution in [2.45, 2.75) is 39.0 Å². The van der Waals surface area contributed by atoms with E-state index in [9.17, 15) is 8.42 Å². The Labute approximate surface area is 92.1 Å². The van der Waals surface area contributed by atoms with Gasteiger partial charge in [0.25, 0.3) is 0 Å². The maximum absolute atomic E-state index is 11.2. The molecule has 0 atom stereocenters. The summed E-state index contributed by atoms with van der Waals surface area (Å²) in [6.07, 6.45) is 7.51. The summed E-state index contributed by atoms with van der Waals surface area (Å²) in [5, 5.41) is 5.09. The third-order valence-corrected chi connectivity index (χ3v) is 3.94. The number of allylic oxidation sites excluding steroid dienone is 2. The van der Waals surface area contributed by atoms with E-state index >= 15 is 0 Å². The van der Waals surface area contributed by atoms with E-state index in [4.69, 9.17) is 5.14 Å². The zero-order chi connectivity index (χ0) is 11.5. The van der Waals surface area contributed by atoms with Crippen molar-refractivity contribution in [2.75, 3.05) is 0 Å². The number of hydrogen-bond acceptors (Lipinski definition) is 2. The van der Waals surface area contributed by atoms with Gasteiger partial charge in [0.2, 0.25) is 10.0 Å². The molecule has 0 aromatic rings. The lowest BCUT2D eigenvalue weighted by Gasteiger charge is -2.24. The third-order valence-electron chi connectivity index (χ3n) is 3.02. The maximum atomic E-state index is 11.2. The average Bonchev–Trinajstić information content (AvgIpc) is 2.19. The molecule has 0 aliphatic heterocycles. The molecule has 0 radical (unpaired) electrons. The van der Waals surface area contributed by atoms with Crippen molar-refractivity contribution in [3.05, 3.63) is 23.1 Å². The molecule has 3 nitrogen and oxygen atoms in total. The van der Waals surface area contributed by atoms with Gasteiger partial charge in [0.1, 0.15) is 0 Å². The van der Waals surface area contributed by atoms with Gasteiger partial charge in [0.05, 0.1) is 4.91 Å². The third kappa shape index (κ3) is 3.18. The summed E-state index contributed by atoms with van der Waals surface area (Å²) in [5.41, 5.74) is 0.817. The van der Waals surface area contributed by atoms with E-state index < -0.39 is 10.0 Å². The predicted molar refractivity (Wildman–Crippen MR) is 62.6 cm³/mol. The van der Waals surface area contributed by atoms with Crippen molar-refractivity contribution in [3.63, 3.8) is 0 Å². The second-order valence-electron chi connectivity index (χ2n) is 4.05. The van der Waals surface area contributed by atoms with Crippen LogP contribution in [-0.2, 0) is 10.0 Å². The topological polar surface area (TPSA) is 60.2 Å². The van der Waals surface area contributed by atoms with Gasteiger partial charge < -0.3 is 0 Å². The van der Waals surface area contributed by atoms with Gasteiger partial charge in [0.15, 0.2) is 0 Å². The predicted octanol–water partition coefficient (Wildman–Crippen LogP) is 2.32. The molecule has 1 aliphatic carbocycles. The standard InChI is InChI=1S/C11H19NO2S/c1-3-11(9(2)15(12,13)14)10-7-5-4-6-8-10/h3,10H,2,4-8H2,1H3,(H2,12,13,14)/b11-3+. The molecule has 0 spiro atoms. The van der Waals surface area contributed by atoms with Crippen molar-refractivity contribution in [1.29, 1.82) is 0 Å². The lowest BCUT2D eigenvalue weighted by Crippen LogP contribution is -2.20. The van der Waals surface area contributed by atoms with Crippen molar-refractivity contribution < 1.29 is 8.42 Å².